The number of rotatable bonds is 2. The Labute approximate surface area is 465 Å². The van der Waals surface area contributed by atoms with Gasteiger partial charge in [0.2, 0.25) is 0 Å². The van der Waals surface area contributed by atoms with Crippen LogP contribution in [0.25, 0.3) is 64.6 Å². The molecular weight excluding hydrogens is 945 g/mol. The Balaban J connectivity index is 0.870. The van der Waals surface area contributed by atoms with Crippen molar-refractivity contribution in [3.63, 3.8) is 0 Å². The van der Waals surface area contributed by atoms with Gasteiger partial charge in [-0.05, 0) is 64.6 Å². The molecule has 3 saturated heterocycles. The first-order valence-electron chi connectivity index (χ1n) is 33.1. The maximum absolute atomic E-state index is 2.70. The molecule has 3 fully saturated rings. The Morgan fingerprint density at radius 3 is 0.592 bits per heavy atom. The average Bonchev–Trinajstić information content (AvgIpc) is 3.57. The minimum absolute atomic E-state index is 1.43. The van der Waals surface area contributed by atoms with Crippen molar-refractivity contribution in [1.82, 2.24) is 0 Å². The van der Waals surface area contributed by atoms with Crippen LogP contribution < -0.4 is 10.4 Å². The molecule has 0 amide bonds. The summed E-state index contributed by atoms with van der Waals surface area (Å²) in [6, 6.07) is 53.4. The zero-order valence-corrected chi connectivity index (χ0v) is 50.1. The van der Waals surface area contributed by atoms with E-state index in [1.165, 1.54) is 311 Å². The van der Waals surface area contributed by atoms with Gasteiger partial charge in [-0.15, -0.1) is 0 Å². The molecule has 3 heterocycles. The van der Waals surface area contributed by atoms with Crippen LogP contribution in [0.5, 0.6) is 0 Å². The van der Waals surface area contributed by atoms with E-state index in [0.29, 0.717) is 0 Å². The number of benzene rings is 8. The van der Waals surface area contributed by atoms with Crippen molar-refractivity contribution in [2.45, 2.75) is 267 Å². The molecule has 0 spiro atoms. The zero-order valence-electron chi connectivity index (χ0n) is 48.1. The first kappa shape index (κ1) is 55.6. The van der Waals surface area contributed by atoms with Gasteiger partial charge >= 0.3 is 0 Å². The predicted molar refractivity (Wildman–Crippen MR) is 346 cm³/mol. The summed E-state index contributed by atoms with van der Waals surface area (Å²) >= 11 is 0. The summed E-state index contributed by atoms with van der Waals surface area (Å²) in [6.07, 6.45) is 52.1. The molecule has 8 aromatic carbocycles. The second-order valence-corrected chi connectivity index (χ2v) is 34.9. The first-order chi connectivity index (χ1) is 37.7. The molecule has 2 heteroatoms. The third kappa shape index (κ3) is 14.0. The summed E-state index contributed by atoms with van der Waals surface area (Å²) in [5.41, 5.74) is 0. The minimum Gasteiger partial charge on any atom is -0.0618 e. The molecule has 2 bridgehead atoms. The lowest BCUT2D eigenvalue weighted by Gasteiger charge is -2.35. The van der Waals surface area contributed by atoms with Gasteiger partial charge < -0.3 is 0 Å². The van der Waals surface area contributed by atoms with Crippen molar-refractivity contribution < 1.29 is 0 Å². The molecule has 0 aliphatic carbocycles. The predicted octanol–water partition coefficient (Wildman–Crippen LogP) is 23.6. The van der Waals surface area contributed by atoms with Crippen LogP contribution in [0.4, 0.5) is 0 Å². The molecule has 0 unspecified atom stereocenters. The lowest BCUT2D eigenvalue weighted by atomic mass is 9.94. The maximum Gasteiger partial charge on any atom is 0.0875 e. The van der Waals surface area contributed by atoms with Crippen LogP contribution in [0.3, 0.4) is 0 Å². The van der Waals surface area contributed by atoms with E-state index in [1.54, 1.807) is 21.5 Å². The standard InChI is InChI=1S/C74H102Si2/c1-2-8-14-20-26-32-56-76(70-54-50-66-46-44-62-40-38-42-64-48-52-68(70)74(66)72(62)64)59-35-29-23-17-11-5-3-9-15-21-27-33-57-75(55-31-25-19-13-7-1,58-34-28-22-16-10-4-6-12-18-24-30-36-60-76)69-53-49-65-45-43-61-39-37-41-63-47-51-67(69)73(65)71(61)63/h37-54H,1-36,55-60H2. The van der Waals surface area contributed by atoms with Gasteiger partial charge in [0.15, 0.2) is 0 Å². The molecular formula is C74H102Si2. The van der Waals surface area contributed by atoms with Gasteiger partial charge in [-0.1, -0.05) is 387 Å². The highest BCUT2D eigenvalue weighted by Gasteiger charge is 2.37. The van der Waals surface area contributed by atoms with Crippen LogP contribution in [-0.2, 0) is 0 Å². The van der Waals surface area contributed by atoms with Crippen LogP contribution in [-0.4, -0.2) is 16.1 Å². The summed E-state index contributed by atoms with van der Waals surface area (Å²) in [5, 5.41) is 21.8. The van der Waals surface area contributed by atoms with Crippen LogP contribution in [0.1, 0.15) is 231 Å². The van der Waals surface area contributed by atoms with Crippen molar-refractivity contribution in [3.05, 3.63) is 109 Å². The summed E-state index contributed by atoms with van der Waals surface area (Å²) in [4.78, 5) is 0. The van der Waals surface area contributed by atoms with Gasteiger partial charge in [0.05, 0.1) is 16.1 Å². The van der Waals surface area contributed by atoms with E-state index in [4.69, 9.17) is 0 Å². The zero-order chi connectivity index (χ0) is 51.5. The van der Waals surface area contributed by atoms with E-state index in [2.05, 4.69) is 109 Å². The molecule has 11 rings (SSSR count). The molecule has 406 valence electrons. The molecule has 0 N–H and O–H groups in total. The SMILES string of the molecule is c1cc2ccc3ccc([Si]45CCCCCCCCCCCCCC[Si](c6ccc7ccc8cccc9ccc6c7c89)(CCCCCCCCCCCCCC4)CCCCCCCCCCCCCC5)c4ccc(c1)c2c34. The second kappa shape index (κ2) is 28.9. The average molecular weight is 1050 g/mol. The fourth-order valence-electron chi connectivity index (χ4n) is 16.0. The van der Waals surface area contributed by atoms with E-state index >= 15 is 0 Å². The van der Waals surface area contributed by atoms with E-state index in [9.17, 15) is 0 Å². The van der Waals surface area contributed by atoms with E-state index in [1.807, 2.05) is 10.4 Å². The molecule has 3 aliphatic heterocycles. The first-order valence-corrected chi connectivity index (χ1v) is 38.3. The summed E-state index contributed by atoms with van der Waals surface area (Å²) in [7, 11) is -3.59. The third-order valence-corrected chi connectivity index (χ3v) is 31.4. The molecule has 8 aromatic rings. The van der Waals surface area contributed by atoms with Crippen molar-refractivity contribution in [2.75, 3.05) is 0 Å². The fourth-order valence-corrected chi connectivity index (χ4v) is 27.1. The minimum atomic E-state index is -1.80. The van der Waals surface area contributed by atoms with Gasteiger partial charge in [-0.25, -0.2) is 0 Å². The maximum atomic E-state index is 2.70. The molecule has 0 radical (unpaired) electrons. The van der Waals surface area contributed by atoms with Gasteiger partial charge in [-0.2, -0.15) is 0 Å². The highest BCUT2D eigenvalue weighted by molar-refractivity contribution is 6.94. The van der Waals surface area contributed by atoms with Crippen LogP contribution in [0, 0.1) is 0 Å². The third-order valence-electron chi connectivity index (χ3n) is 20.4. The topological polar surface area (TPSA) is 0 Å². The highest BCUT2D eigenvalue weighted by atomic mass is 28.3. The monoisotopic (exact) mass is 1050 g/mol. The molecule has 3 aliphatic rings. The van der Waals surface area contributed by atoms with E-state index < -0.39 is 16.1 Å². The fraction of sp³-hybridized carbons (Fsp3) is 0.568. The lowest BCUT2D eigenvalue weighted by molar-refractivity contribution is 0.540. The number of fused-ring (bicyclic) bond motifs is 39. The molecule has 0 aromatic heterocycles. The van der Waals surface area contributed by atoms with Crippen molar-refractivity contribution >= 4 is 91.2 Å². The smallest absolute Gasteiger partial charge is 0.0618 e. The Morgan fingerprint density at radius 1 is 0.171 bits per heavy atom. The van der Waals surface area contributed by atoms with Crippen LogP contribution in [0.2, 0.25) is 36.3 Å². The van der Waals surface area contributed by atoms with Crippen molar-refractivity contribution in [2.24, 2.45) is 0 Å². The quantitative estimate of drug-likeness (QED) is 0.120. The van der Waals surface area contributed by atoms with E-state index in [0.717, 1.165) is 0 Å². The summed E-state index contributed by atoms with van der Waals surface area (Å²) < 4.78 is 0. The normalized spacial score (nSPS) is 23.5. The van der Waals surface area contributed by atoms with E-state index in [-0.39, 0.29) is 0 Å². The Bertz CT molecular complexity index is 2630. The molecule has 0 atom stereocenters. The molecule has 0 nitrogen and oxygen atoms in total. The van der Waals surface area contributed by atoms with Crippen molar-refractivity contribution in [1.29, 1.82) is 0 Å². The molecule has 0 saturated carbocycles. The highest BCUT2D eigenvalue weighted by Crippen LogP contribution is 2.40. The largest absolute Gasteiger partial charge is 0.0875 e. The summed E-state index contributed by atoms with van der Waals surface area (Å²) in [6.45, 7) is 0. The Morgan fingerprint density at radius 2 is 0.355 bits per heavy atom. The van der Waals surface area contributed by atoms with Crippen LogP contribution in [0.15, 0.2) is 109 Å². The van der Waals surface area contributed by atoms with Gasteiger partial charge in [-0.3, -0.25) is 0 Å². The Kier molecular flexibility index (Phi) is 21.2. The Hall–Kier alpha value is -3.73. The number of hydrogen-bond acceptors (Lipinski definition) is 0. The second-order valence-electron chi connectivity index (χ2n) is 25.7. The van der Waals surface area contributed by atoms with Gasteiger partial charge in [0.25, 0.3) is 0 Å². The van der Waals surface area contributed by atoms with Crippen LogP contribution >= 0.6 is 0 Å². The van der Waals surface area contributed by atoms with Gasteiger partial charge in [0.1, 0.15) is 0 Å². The number of hydrogen-bond donors (Lipinski definition) is 0. The van der Waals surface area contributed by atoms with Crippen molar-refractivity contribution in [3.8, 4) is 0 Å². The lowest BCUT2D eigenvalue weighted by Crippen LogP contribution is -2.48. The molecule has 76 heavy (non-hydrogen) atoms. The summed E-state index contributed by atoms with van der Waals surface area (Å²) in [5.74, 6) is 0. The van der Waals surface area contributed by atoms with Gasteiger partial charge in [0, 0.05) is 0 Å².